The topological polar surface area (TPSA) is 69.6 Å². The predicted octanol–water partition coefficient (Wildman–Crippen LogP) is 3.99. The largest absolute Gasteiger partial charge is 0.507 e. The molecule has 0 saturated heterocycles. The van der Waals surface area contributed by atoms with Gasteiger partial charge in [0.1, 0.15) is 11.3 Å². The lowest BCUT2D eigenvalue weighted by molar-refractivity contribution is 0.0696. The molecule has 0 heterocycles. The summed E-state index contributed by atoms with van der Waals surface area (Å²) < 4.78 is 0. The second-order valence-corrected chi connectivity index (χ2v) is 4.69. The van der Waals surface area contributed by atoms with Gasteiger partial charge in [-0.05, 0) is 35.7 Å². The SMILES string of the molecule is O=C(O)c1c(O)ccc2cc(Nc3ccccc3)ccc12. The number of carboxylic acid groups (broad SMARTS) is 1. The molecule has 0 aliphatic heterocycles. The number of aromatic hydroxyl groups is 1. The number of anilines is 2. The van der Waals surface area contributed by atoms with Gasteiger partial charge < -0.3 is 15.5 Å². The van der Waals surface area contributed by atoms with E-state index in [2.05, 4.69) is 5.32 Å². The highest BCUT2D eigenvalue weighted by Crippen LogP contribution is 2.30. The van der Waals surface area contributed by atoms with Gasteiger partial charge in [-0.15, -0.1) is 0 Å². The van der Waals surface area contributed by atoms with Crippen LogP contribution in [0.3, 0.4) is 0 Å². The maximum absolute atomic E-state index is 11.2. The number of aromatic carboxylic acids is 1. The minimum atomic E-state index is -1.14. The molecule has 0 bridgehead atoms. The highest BCUT2D eigenvalue weighted by atomic mass is 16.4. The van der Waals surface area contributed by atoms with E-state index in [9.17, 15) is 15.0 Å². The van der Waals surface area contributed by atoms with E-state index in [4.69, 9.17) is 0 Å². The maximum atomic E-state index is 11.2. The average Bonchev–Trinajstić information content (AvgIpc) is 2.48. The minimum absolute atomic E-state index is 0.0706. The maximum Gasteiger partial charge on any atom is 0.340 e. The third kappa shape index (κ3) is 2.51. The van der Waals surface area contributed by atoms with Gasteiger partial charge in [0.05, 0.1) is 0 Å². The fourth-order valence-corrected chi connectivity index (χ4v) is 2.31. The quantitative estimate of drug-likeness (QED) is 0.678. The molecule has 0 atom stereocenters. The fourth-order valence-electron chi connectivity index (χ4n) is 2.31. The molecule has 0 fully saturated rings. The van der Waals surface area contributed by atoms with Crippen LogP contribution in [0.15, 0.2) is 60.7 Å². The van der Waals surface area contributed by atoms with Crippen molar-refractivity contribution in [3.63, 3.8) is 0 Å². The summed E-state index contributed by atoms with van der Waals surface area (Å²) in [6, 6.07) is 18.2. The standard InChI is InChI=1S/C17H13NO3/c19-15-9-6-11-10-13(18-12-4-2-1-3-5-12)7-8-14(11)16(15)17(20)21/h1-10,18-19H,(H,20,21). The van der Waals surface area contributed by atoms with E-state index >= 15 is 0 Å². The third-order valence-corrected chi connectivity index (χ3v) is 3.27. The minimum Gasteiger partial charge on any atom is -0.507 e. The van der Waals surface area contributed by atoms with Crippen molar-refractivity contribution in [2.45, 2.75) is 0 Å². The van der Waals surface area contributed by atoms with Crippen LogP contribution < -0.4 is 5.32 Å². The smallest absolute Gasteiger partial charge is 0.340 e. The summed E-state index contributed by atoms with van der Waals surface area (Å²) in [6.07, 6.45) is 0. The molecule has 4 nitrogen and oxygen atoms in total. The molecule has 0 aliphatic carbocycles. The van der Waals surface area contributed by atoms with E-state index in [0.717, 1.165) is 16.8 Å². The molecular formula is C17H13NO3. The summed E-state index contributed by atoms with van der Waals surface area (Å²) >= 11 is 0. The van der Waals surface area contributed by atoms with Gasteiger partial charge in [-0.3, -0.25) is 0 Å². The van der Waals surface area contributed by atoms with Crippen LogP contribution in [0.25, 0.3) is 10.8 Å². The normalized spacial score (nSPS) is 10.5. The van der Waals surface area contributed by atoms with Crippen molar-refractivity contribution in [3.8, 4) is 5.75 Å². The summed E-state index contributed by atoms with van der Waals surface area (Å²) in [5.74, 6) is -1.36. The van der Waals surface area contributed by atoms with Crippen LogP contribution in [-0.2, 0) is 0 Å². The van der Waals surface area contributed by atoms with Gasteiger partial charge >= 0.3 is 5.97 Å². The van der Waals surface area contributed by atoms with Crippen LogP contribution >= 0.6 is 0 Å². The van der Waals surface area contributed by atoms with E-state index in [1.54, 1.807) is 18.2 Å². The van der Waals surface area contributed by atoms with Crippen molar-refractivity contribution >= 4 is 28.1 Å². The molecule has 4 heteroatoms. The van der Waals surface area contributed by atoms with Crippen LogP contribution in [0.5, 0.6) is 5.75 Å². The Morgan fingerprint density at radius 1 is 0.905 bits per heavy atom. The Kier molecular flexibility index (Phi) is 3.20. The molecule has 0 saturated carbocycles. The Labute approximate surface area is 121 Å². The number of hydrogen-bond acceptors (Lipinski definition) is 3. The first-order valence-corrected chi connectivity index (χ1v) is 6.46. The Morgan fingerprint density at radius 3 is 2.38 bits per heavy atom. The summed E-state index contributed by atoms with van der Waals surface area (Å²) in [6.45, 7) is 0. The summed E-state index contributed by atoms with van der Waals surface area (Å²) in [5, 5.41) is 23.4. The van der Waals surface area contributed by atoms with Gasteiger partial charge in [0.15, 0.2) is 0 Å². The lowest BCUT2D eigenvalue weighted by atomic mass is 10.0. The van der Waals surface area contributed by atoms with Crippen LogP contribution in [0.2, 0.25) is 0 Å². The van der Waals surface area contributed by atoms with E-state index < -0.39 is 5.97 Å². The number of benzene rings is 3. The van der Waals surface area contributed by atoms with Crippen molar-refractivity contribution in [3.05, 3.63) is 66.2 Å². The molecule has 3 rings (SSSR count). The highest BCUT2D eigenvalue weighted by molar-refractivity contribution is 6.06. The number of phenols is 1. The number of rotatable bonds is 3. The zero-order chi connectivity index (χ0) is 14.8. The molecule has 3 N–H and O–H groups in total. The van der Waals surface area contributed by atoms with Crippen LogP contribution in [-0.4, -0.2) is 16.2 Å². The average molecular weight is 279 g/mol. The van der Waals surface area contributed by atoms with Crippen LogP contribution in [0.4, 0.5) is 11.4 Å². The van der Waals surface area contributed by atoms with Gasteiger partial charge in [0.2, 0.25) is 0 Å². The Hall–Kier alpha value is -3.01. The molecule has 3 aromatic carbocycles. The molecule has 104 valence electrons. The van der Waals surface area contributed by atoms with Gasteiger partial charge in [-0.25, -0.2) is 4.79 Å². The molecule has 0 amide bonds. The Morgan fingerprint density at radius 2 is 1.67 bits per heavy atom. The molecule has 0 aliphatic rings. The zero-order valence-corrected chi connectivity index (χ0v) is 11.1. The lowest BCUT2D eigenvalue weighted by Crippen LogP contribution is -1.98. The van der Waals surface area contributed by atoms with Crippen LogP contribution in [0.1, 0.15) is 10.4 Å². The van der Waals surface area contributed by atoms with Crippen molar-refractivity contribution < 1.29 is 15.0 Å². The molecule has 0 aromatic heterocycles. The lowest BCUT2D eigenvalue weighted by Gasteiger charge is -2.09. The van der Waals surface area contributed by atoms with E-state index in [1.165, 1.54) is 6.07 Å². The van der Waals surface area contributed by atoms with Crippen molar-refractivity contribution in [1.29, 1.82) is 0 Å². The second kappa shape index (κ2) is 5.17. The molecule has 3 aromatic rings. The number of para-hydroxylation sites is 1. The molecule has 0 spiro atoms. The number of nitrogens with one attached hydrogen (secondary N) is 1. The van der Waals surface area contributed by atoms with Gasteiger partial charge in [0, 0.05) is 16.8 Å². The molecule has 21 heavy (non-hydrogen) atoms. The monoisotopic (exact) mass is 279 g/mol. The van der Waals surface area contributed by atoms with Crippen LogP contribution in [0, 0.1) is 0 Å². The Bertz CT molecular complexity index is 813. The number of carboxylic acids is 1. The van der Waals surface area contributed by atoms with E-state index in [0.29, 0.717) is 5.39 Å². The third-order valence-electron chi connectivity index (χ3n) is 3.27. The number of hydrogen-bond donors (Lipinski definition) is 3. The first-order chi connectivity index (χ1) is 10.1. The van der Waals surface area contributed by atoms with Gasteiger partial charge in [-0.1, -0.05) is 30.3 Å². The summed E-state index contributed by atoms with van der Waals surface area (Å²) in [4.78, 5) is 11.2. The van der Waals surface area contributed by atoms with Crippen molar-refractivity contribution in [2.75, 3.05) is 5.32 Å². The second-order valence-electron chi connectivity index (χ2n) is 4.69. The number of fused-ring (bicyclic) bond motifs is 1. The predicted molar refractivity (Wildman–Crippen MR) is 82.3 cm³/mol. The van der Waals surface area contributed by atoms with Gasteiger partial charge in [0.25, 0.3) is 0 Å². The summed E-state index contributed by atoms with van der Waals surface area (Å²) in [5.41, 5.74) is 1.74. The zero-order valence-electron chi connectivity index (χ0n) is 11.1. The van der Waals surface area contributed by atoms with E-state index in [1.807, 2.05) is 36.4 Å². The highest BCUT2D eigenvalue weighted by Gasteiger charge is 2.14. The first-order valence-electron chi connectivity index (χ1n) is 6.46. The van der Waals surface area contributed by atoms with Crippen molar-refractivity contribution in [2.24, 2.45) is 0 Å². The number of carbonyl (C=O) groups is 1. The van der Waals surface area contributed by atoms with Gasteiger partial charge in [-0.2, -0.15) is 0 Å². The summed E-state index contributed by atoms with van der Waals surface area (Å²) in [7, 11) is 0. The Balaban J connectivity index is 2.05. The van der Waals surface area contributed by atoms with E-state index in [-0.39, 0.29) is 11.3 Å². The fraction of sp³-hybridized carbons (Fsp3) is 0. The van der Waals surface area contributed by atoms with Crippen molar-refractivity contribution in [1.82, 2.24) is 0 Å². The molecular weight excluding hydrogens is 266 g/mol. The molecule has 0 unspecified atom stereocenters. The first kappa shape index (κ1) is 13.0. The molecule has 0 radical (unpaired) electrons.